The van der Waals surface area contributed by atoms with E-state index in [0.717, 1.165) is 6.42 Å². The minimum atomic E-state index is -0.0735. The molecule has 0 nitrogen and oxygen atoms in total. The van der Waals surface area contributed by atoms with Crippen LogP contribution in [0, 0.1) is 42.5 Å². The van der Waals surface area contributed by atoms with Crippen LogP contribution in [-0.4, -0.2) is 0 Å². The fraction of sp³-hybridized carbons (Fsp3) is 0.200. The quantitative estimate of drug-likeness (QED) is 0.124. The molecule has 0 aromatic heterocycles. The number of fused-ring (bicyclic) bond motifs is 2. The van der Waals surface area contributed by atoms with Gasteiger partial charge in [-0.2, -0.15) is 12.1 Å². The molecule has 206 valence electrons. The fourth-order valence-corrected chi connectivity index (χ4v) is 6.24. The minimum absolute atomic E-state index is 0. The molecule has 41 heavy (non-hydrogen) atoms. The van der Waals surface area contributed by atoms with E-state index >= 15 is 0 Å². The Morgan fingerprint density at radius 2 is 0.927 bits per heavy atom. The predicted octanol–water partition coefficient (Wildman–Crippen LogP) is 11.6. The zero-order valence-electron chi connectivity index (χ0n) is 25.9. The van der Waals surface area contributed by atoms with E-state index < -0.39 is 0 Å². The van der Waals surface area contributed by atoms with Crippen LogP contribution in [0.5, 0.6) is 0 Å². The van der Waals surface area contributed by atoms with Crippen LogP contribution in [0.2, 0.25) is 0 Å². The van der Waals surface area contributed by atoms with E-state index in [1.165, 1.54) is 77.2 Å². The average Bonchev–Trinajstić information content (AvgIpc) is 3.57. The van der Waals surface area contributed by atoms with Crippen molar-refractivity contribution in [3.8, 4) is 22.3 Å². The van der Waals surface area contributed by atoms with E-state index in [2.05, 4.69) is 139 Å². The summed E-state index contributed by atoms with van der Waals surface area (Å²) in [5, 5.41) is 5.35. The Kier molecular flexibility index (Phi) is 9.87. The van der Waals surface area contributed by atoms with Crippen molar-refractivity contribution < 1.29 is 25.8 Å². The summed E-state index contributed by atoms with van der Waals surface area (Å²) in [5.41, 5.74) is 13.5. The molecule has 0 unspecified atom stereocenters. The Hall–Kier alpha value is -3.03. The van der Waals surface area contributed by atoms with Crippen LogP contribution in [0.25, 0.3) is 43.8 Å². The van der Waals surface area contributed by atoms with Crippen LogP contribution < -0.4 is 0 Å². The van der Waals surface area contributed by atoms with Crippen molar-refractivity contribution in [1.29, 1.82) is 0 Å². The van der Waals surface area contributed by atoms with E-state index in [1.54, 1.807) is 0 Å². The van der Waals surface area contributed by atoms with Gasteiger partial charge in [0.2, 0.25) is 0 Å². The topological polar surface area (TPSA) is 0 Å². The summed E-state index contributed by atoms with van der Waals surface area (Å²) in [4.78, 5) is 0. The predicted molar refractivity (Wildman–Crippen MR) is 178 cm³/mol. The van der Waals surface area contributed by atoms with Crippen LogP contribution >= 0.6 is 0 Å². The van der Waals surface area contributed by atoms with Gasteiger partial charge in [-0.1, -0.05) is 73.5 Å². The minimum Gasteiger partial charge on any atom is -0.358 e. The molecule has 0 saturated carbocycles. The van der Waals surface area contributed by atoms with Crippen molar-refractivity contribution in [3.63, 3.8) is 0 Å². The van der Waals surface area contributed by atoms with Crippen molar-refractivity contribution >= 4 is 21.5 Å². The second kappa shape index (κ2) is 12.5. The van der Waals surface area contributed by atoms with Gasteiger partial charge in [-0.05, 0) is 72.9 Å². The van der Waals surface area contributed by atoms with E-state index in [9.17, 15) is 0 Å². The van der Waals surface area contributed by atoms with Gasteiger partial charge in [-0.15, -0.1) is 69.1 Å². The van der Waals surface area contributed by atoms with Crippen LogP contribution in [0.4, 0.5) is 0 Å². The van der Waals surface area contributed by atoms with E-state index in [1.807, 2.05) is 0 Å². The Bertz CT molecular complexity index is 1680. The van der Waals surface area contributed by atoms with E-state index in [-0.39, 0.29) is 46.1 Å². The summed E-state index contributed by atoms with van der Waals surface area (Å²) in [5.74, 6) is 0. The van der Waals surface area contributed by atoms with Crippen molar-refractivity contribution in [3.05, 3.63) is 145 Å². The summed E-state index contributed by atoms with van der Waals surface area (Å²) < 4.78 is 0. The van der Waals surface area contributed by atoms with Crippen molar-refractivity contribution in [2.45, 2.75) is 53.4 Å². The molecule has 0 radical (unpaired) electrons. The maximum absolute atomic E-state index is 2.46. The maximum Gasteiger partial charge on any atom is 4.00 e. The molecule has 0 amide bonds. The molecule has 0 aliphatic rings. The first-order chi connectivity index (χ1) is 18.3. The third kappa shape index (κ3) is 5.35. The number of benzene rings is 4. The van der Waals surface area contributed by atoms with E-state index in [0.29, 0.717) is 0 Å². The summed E-state index contributed by atoms with van der Waals surface area (Å²) in [6, 6.07) is 36.6. The van der Waals surface area contributed by atoms with Gasteiger partial charge in [0.25, 0.3) is 0 Å². The first-order valence-corrected chi connectivity index (χ1v) is 13.8. The molecule has 6 aromatic rings. The largest absolute Gasteiger partial charge is 4.00 e. The first kappa shape index (κ1) is 32.5. The average molecular weight is 701 g/mol. The summed E-state index contributed by atoms with van der Waals surface area (Å²) in [6.45, 7) is 13.6. The Balaban J connectivity index is 0.00000154. The zero-order chi connectivity index (χ0) is 26.6. The second-order valence-electron chi connectivity index (χ2n) is 11.3. The van der Waals surface area contributed by atoms with Crippen LogP contribution in [0.15, 0.2) is 97.1 Å². The van der Waals surface area contributed by atoms with Crippen LogP contribution in [-0.2, 0) is 31.3 Å². The maximum atomic E-state index is 2.46. The van der Waals surface area contributed by atoms with Gasteiger partial charge in [0.15, 0.2) is 0 Å². The number of aryl methyl sites for hydroxylation is 2. The van der Waals surface area contributed by atoms with Gasteiger partial charge in [0.1, 0.15) is 0 Å². The molecule has 6 rings (SSSR count). The molecule has 0 spiro atoms. The molecular formula is C40H42Hf. The molecule has 0 heterocycles. The molecule has 0 aliphatic heterocycles. The fourth-order valence-electron chi connectivity index (χ4n) is 6.24. The first-order valence-electron chi connectivity index (χ1n) is 13.8. The van der Waals surface area contributed by atoms with Crippen LogP contribution in [0.1, 0.15) is 53.6 Å². The van der Waals surface area contributed by atoms with Gasteiger partial charge in [-0.3, -0.25) is 0 Å². The SMILES string of the molecule is CCC(C)(c1cc2c(-c3cccc(C)c3C)cccc2[cH-]1)c1cc2c(-c3cccc(C)c3C)cccc2[cH-]1.[CH3-].[CH3-].[Hf+4]. The van der Waals surface area contributed by atoms with Crippen LogP contribution in [0.3, 0.4) is 0 Å². The molecule has 0 fully saturated rings. The van der Waals surface area contributed by atoms with Gasteiger partial charge >= 0.3 is 25.8 Å². The molecule has 0 saturated heterocycles. The van der Waals surface area contributed by atoms with E-state index in [4.69, 9.17) is 0 Å². The molecular weight excluding hydrogens is 659 g/mol. The Morgan fingerprint density at radius 3 is 1.32 bits per heavy atom. The molecule has 0 bridgehead atoms. The number of hydrogen-bond acceptors (Lipinski definition) is 0. The smallest absolute Gasteiger partial charge is 0.358 e. The Morgan fingerprint density at radius 1 is 0.561 bits per heavy atom. The standard InChI is InChI=1S/C38H36.2CH3.Hf/c1-7-38(6,30-20-28-14-10-18-34(36(28)22-30)32-16-8-12-24(2)26(32)4)31-21-29-15-11-19-35(37(29)23-31)33-17-9-13-25(3)27(33)5;;;/h8-23H,7H2,1-6H3;2*1H3;/q-2;2*-1;+4. The summed E-state index contributed by atoms with van der Waals surface area (Å²) >= 11 is 0. The Labute approximate surface area is 267 Å². The van der Waals surface area contributed by atoms with Gasteiger partial charge in [-0.25, -0.2) is 0 Å². The summed E-state index contributed by atoms with van der Waals surface area (Å²) in [7, 11) is 0. The molecule has 0 N–H and O–H groups in total. The molecule has 1 heteroatoms. The number of rotatable bonds is 5. The zero-order valence-corrected chi connectivity index (χ0v) is 29.5. The van der Waals surface area contributed by atoms with Gasteiger partial charge in [0.05, 0.1) is 0 Å². The summed E-state index contributed by atoms with van der Waals surface area (Å²) in [6.07, 6.45) is 1.04. The normalized spacial score (nSPS) is 11.2. The van der Waals surface area contributed by atoms with Crippen molar-refractivity contribution in [1.82, 2.24) is 0 Å². The van der Waals surface area contributed by atoms with Gasteiger partial charge in [0, 0.05) is 0 Å². The molecule has 0 atom stereocenters. The van der Waals surface area contributed by atoms with Crippen molar-refractivity contribution in [2.24, 2.45) is 0 Å². The van der Waals surface area contributed by atoms with Crippen molar-refractivity contribution in [2.75, 3.05) is 0 Å². The third-order valence-electron chi connectivity index (χ3n) is 9.27. The number of hydrogen-bond donors (Lipinski definition) is 0. The monoisotopic (exact) mass is 702 g/mol. The second-order valence-corrected chi connectivity index (χ2v) is 11.3. The molecule has 6 aromatic carbocycles. The third-order valence-corrected chi connectivity index (χ3v) is 9.27. The molecule has 0 aliphatic carbocycles. The van der Waals surface area contributed by atoms with Gasteiger partial charge < -0.3 is 14.9 Å².